The number of hydrogen-bond donors (Lipinski definition) is 1. The predicted octanol–water partition coefficient (Wildman–Crippen LogP) is 2.75. The van der Waals surface area contributed by atoms with Crippen LogP contribution in [0.4, 0.5) is 9.18 Å². The van der Waals surface area contributed by atoms with Crippen LogP contribution in [0.2, 0.25) is 0 Å². The summed E-state index contributed by atoms with van der Waals surface area (Å²) in [6.07, 6.45) is -0.702. The second-order valence-corrected chi connectivity index (χ2v) is 7.75. The average molecular weight is 394 g/mol. The van der Waals surface area contributed by atoms with Gasteiger partial charge in [0.1, 0.15) is 18.2 Å². The average Bonchev–Trinajstić information content (AvgIpc) is 2.65. The zero-order valence-corrected chi connectivity index (χ0v) is 15.4. The molecule has 1 atom stereocenters. The van der Waals surface area contributed by atoms with Crippen LogP contribution in [0.15, 0.2) is 48.5 Å². The first kappa shape index (κ1) is 19.1. The molecule has 9 heteroatoms. The predicted molar refractivity (Wildman–Crippen MR) is 95.7 cm³/mol. The highest BCUT2D eigenvalue weighted by molar-refractivity contribution is 7.87. The Morgan fingerprint density at radius 2 is 2.04 bits per heavy atom. The van der Waals surface area contributed by atoms with Gasteiger partial charge in [-0.3, -0.25) is 0 Å². The van der Waals surface area contributed by atoms with Crippen molar-refractivity contribution in [2.45, 2.75) is 19.1 Å². The Balaban J connectivity index is 1.67. The summed E-state index contributed by atoms with van der Waals surface area (Å²) in [5.41, 5.74) is 1.27. The first-order valence-corrected chi connectivity index (χ1v) is 9.69. The van der Waals surface area contributed by atoms with Crippen molar-refractivity contribution >= 4 is 16.3 Å². The van der Waals surface area contributed by atoms with Crippen molar-refractivity contribution in [2.24, 2.45) is 0 Å². The molecular weight excluding hydrogens is 375 g/mol. The second kappa shape index (κ2) is 7.93. The number of ether oxygens (including phenoxy) is 2. The topological polar surface area (TPSA) is 84.9 Å². The Hall–Kier alpha value is -2.65. The number of fused-ring (bicyclic) bond motifs is 1. The molecule has 1 amide bonds. The molecule has 0 saturated heterocycles. The molecule has 1 N–H and O–H groups in total. The SMILES string of the molecule is CN(C1CCOc2cc(F)ccc21)S(=O)(=O)NC(=O)OCc1ccccc1. The van der Waals surface area contributed by atoms with E-state index in [1.54, 1.807) is 24.3 Å². The van der Waals surface area contributed by atoms with Crippen LogP contribution in [-0.4, -0.2) is 32.5 Å². The number of rotatable bonds is 5. The number of halogens is 1. The van der Waals surface area contributed by atoms with E-state index in [2.05, 4.69) is 0 Å². The Morgan fingerprint density at radius 3 is 2.78 bits per heavy atom. The van der Waals surface area contributed by atoms with Crippen LogP contribution in [0, 0.1) is 5.82 Å². The van der Waals surface area contributed by atoms with Gasteiger partial charge in [0.15, 0.2) is 0 Å². The van der Waals surface area contributed by atoms with Crippen LogP contribution < -0.4 is 9.46 Å². The Morgan fingerprint density at radius 1 is 1.30 bits per heavy atom. The smallest absolute Gasteiger partial charge is 0.422 e. The van der Waals surface area contributed by atoms with Crippen molar-refractivity contribution in [1.82, 2.24) is 9.03 Å². The lowest BCUT2D eigenvalue weighted by atomic mass is 10.0. The van der Waals surface area contributed by atoms with Crippen molar-refractivity contribution < 1.29 is 27.1 Å². The van der Waals surface area contributed by atoms with Crippen molar-refractivity contribution in [2.75, 3.05) is 13.7 Å². The maximum Gasteiger partial charge on any atom is 0.422 e. The van der Waals surface area contributed by atoms with Crippen LogP contribution in [0.3, 0.4) is 0 Å². The summed E-state index contributed by atoms with van der Waals surface area (Å²) in [5.74, 6) is -0.178. The molecule has 0 aliphatic carbocycles. The summed E-state index contributed by atoms with van der Waals surface area (Å²) < 4.78 is 51.7. The van der Waals surface area contributed by atoms with Gasteiger partial charge in [-0.15, -0.1) is 0 Å². The highest BCUT2D eigenvalue weighted by Crippen LogP contribution is 2.36. The molecule has 27 heavy (non-hydrogen) atoms. The van der Waals surface area contributed by atoms with Gasteiger partial charge in [0.25, 0.3) is 0 Å². The second-order valence-electron chi connectivity index (χ2n) is 6.02. The normalized spacial score (nSPS) is 16.3. The van der Waals surface area contributed by atoms with Gasteiger partial charge in [-0.05, 0) is 11.6 Å². The molecule has 2 aromatic carbocycles. The van der Waals surface area contributed by atoms with Gasteiger partial charge < -0.3 is 9.47 Å². The van der Waals surface area contributed by atoms with E-state index in [1.807, 2.05) is 10.8 Å². The molecule has 0 spiro atoms. The minimum atomic E-state index is -4.16. The summed E-state index contributed by atoms with van der Waals surface area (Å²) >= 11 is 0. The zero-order valence-electron chi connectivity index (χ0n) is 14.6. The molecule has 1 aliphatic heterocycles. The van der Waals surface area contributed by atoms with Gasteiger partial charge in [-0.2, -0.15) is 12.7 Å². The molecule has 1 unspecified atom stereocenters. The third kappa shape index (κ3) is 4.55. The van der Waals surface area contributed by atoms with E-state index in [0.717, 1.165) is 9.87 Å². The molecule has 0 radical (unpaired) electrons. The Bertz CT molecular complexity index is 921. The fourth-order valence-electron chi connectivity index (χ4n) is 2.82. The number of amides is 1. The number of carbonyl (C=O) groups is 1. The molecule has 3 rings (SSSR count). The molecule has 0 fully saturated rings. The highest BCUT2D eigenvalue weighted by atomic mass is 32.2. The summed E-state index contributed by atoms with van der Waals surface area (Å²) in [7, 11) is -2.81. The highest BCUT2D eigenvalue weighted by Gasteiger charge is 2.33. The van der Waals surface area contributed by atoms with E-state index >= 15 is 0 Å². The maximum atomic E-state index is 13.4. The summed E-state index contributed by atoms with van der Waals surface area (Å²) in [5, 5.41) is 0. The van der Waals surface area contributed by atoms with Gasteiger partial charge in [0.2, 0.25) is 0 Å². The van der Waals surface area contributed by atoms with Crippen molar-refractivity contribution in [3.8, 4) is 5.75 Å². The van der Waals surface area contributed by atoms with Crippen molar-refractivity contribution in [1.29, 1.82) is 0 Å². The van der Waals surface area contributed by atoms with Crippen LogP contribution in [0.1, 0.15) is 23.6 Å². The van der Waals surface area contributed by atoms with E-state index < -0.39 is 28.2 Å². The van der Waals surface area contributed by atoms with Gasteiger partial charge in [0, 0.05) is 25.1 Å². The molecule has 0 aromatic heterocycles. The van der Waals surface area contributed by atoms with Crippen LogP contribution >= 0.6 is 0 Å². The third-order valence-electron chi connectivity index (χ3n) is 4.23. The van der Waals surface area contributed by atoms with Gasteiger partial charge >= 0.3 is 16.3 Å². The number of benzene rings is 2. The Labute approximate surface area is 156 Å². The van der Waals surface area contributed by atoms with Crippen LogP contribution in [0.5, 0.6) is 5.75 Å². The lowest BCUT2D eigenvalue weighted by Gasteiger charge is -2.32. The van der Waals surface area contributed by atoms with E-state index in [-0.39, 0.29) is 13.2 Å². The molecular formula is C18H19FN2O5S. The Kier molecular flexibility index (Phi) is 5.62. The van der Waals surface area contributed by atoms with Gasteiger partial charge in [0.05, 0.1) is 12.6 Å². The monoisotopic (exact) mass is 394 g/mol. The lowest BCUT2D eigenvalue weighted by Crippen LogP contribution is -2.44. The van der Waals surface area contributed by atoms with Gasteiger partial charge in [-0.1, -0.05) is 36.4 Å². The summed E-state index contributed by atoms with van der Waals surface area (Å²) in [6, 6.07) is 12.2. The van der Waals surface area contributed by atoms with Crippen LogP contribution in [-0.2, 0) is 21.6 Å². The number of nitrogens with one attached hydrogen (secondary N) is 1. The summed E-state index contributed by atoms with van der Waals surface area (Å²) in [4.78, 5) is 11.9. The van der Waals surface area contributed by atoms with E-state index in [9.17, 15) is 17.6 Å². The quantitative estimate of drug-likeness (QED) is 0.843. The van der Waals surface area contributed by atoms with E-state index in [1.165, 1.54) is 25.2 Å². The van der Waals surface area contributed by atoms with Crippen molar-refractivity contribution in [3.63, 3.8) is 0 Å². The molecule has 1 heterocycles. The van der Waals surface area contributed by atoms with E-state index in [4.69, 9.17) is 9.47 Å². The fraction of sp³-hybridized carbons (Fsp3) is 0.278. The molecule has 0 bridgehead atoms. The maximum absolute atomic E-state index is 13.4. The minimum absolute atomic E-state index is 0.0503. The van der Waals surface area contributed by atoms with Gasteiger partial charge in [-0.25, -0.2) is 13.9 Å². The van der Waals surface area contributed by atoms with E-state index in [0.29, 0.717) is 17.7 Å². The first-order chi connectivity index (χ1) is 12.9. The zero-order chi connectivity index (χ0) is 19.4. The molecule has 0 saturated carbocycles. The molecule has 2 aromatic rings. The molecule has 144 valence electrons. The number of carbonyl (C=O) groups excluding carboxylic acids is 1. The molecule has 7 nitrogen and oxygen atoms in total. The summed E-state index contributed by atoms with van der Waals surface area (Å²) in [6.45, 7) is 0.185. The number of nitrogens with zero attached hydrogens (tertiary/aromatic N) is 1. The third-order valence-corrected chi connectivity index (χ3v) is 5.66. The number of hydrogen-bond acceptors (Lipinski definition) is 5. The molecule has 1 aliphatic rings. The first-order valence-electron chi connectivity index (χ1n) is 8.25. The largest absolute Gasteiger partial charge is 0.493 e. The lowest BCUT2D eigenvalue weighted by molar-refractivity contribution is 0.145. The van der Waals surface area contributed by atoms with Crippen LogP contribution in [0.25, 0.3) is 0 Å². The standard InChI is InChI=1S/C18H19FN2O5S/c1-21(16-9-10-25-17-11-14(19)7-8-15(16)17)27(23,24)20-18(22)26-12-13-5-3-2-4-6-13/h2-8,11,16H,9-10,12H2,1H3,(H,20,22). The van der Waals surface area contributed by atoms with Crippen molar-refractivity contribution in [3.05, 3.63) is 65.5 Å². The fourth-order valence-corrected chi connectivity index (χ4v) is 3.79. The minimum Gasteiger partial charge on any atom is -0.493 e.